The van der Waals surface area contributed by atoms with Gasteiger partial charge < -0.3 is 18.9 Å². The highest BCUT2D eigenvalue weighted by molar-refractivity contribution is 7.91. The second-order valence-electron chi connectivity index (χ2n) is 14.5. The molecule has 0 aliphatic heterocycles. The van der Waals surface area contributed by atoms with Crippen LogP contribution in [0.3, 0.4) is 0 Å². The topological polar surface area (TPSA) is 156 Å². The van der Waals surface area contributed by atoms with Crippen molar-refractivity contribution < 1.29 is 48.4 Å². The summed E-state index contributed by atoms with van der Waals surface area (Å²) >= 11 is 0. The van der Waals surface area contributed by atoms with Crippen molar-refractivity contribution in [3.8, 4) is 56.8 Å². The predicted molar refractivity (Wildman–Crippen MR) is 253 cm³/mol. The molecule has 11 nitrogen and oxygen atoms in total. The maximum Gasteiger partial charge on any atom is 0.425 e. The number of methoxy groups -OCH3 is 2. The Labute approximate surface area is 386 Å². The van der Waals surface area contributed by atoms with Crippen LogP contribution in [0.25, 0.3) is 22.3 Å². The molecule has 0 spiro atoms. The summed E-state index contributed by atoms with van der Waals surface area (Å²) in [6.45, 7) is 4.13. The zero-order valence-electron chi connectivity index (χ0n) is 36.2. The minimum atomic E-state index is -3.60. The van der Waals surface area contributed by atoms with Gasteiger partial charge in [-0.15, -0.1) is 12.6 Å². The lowest BCUT2D eigenvalue weighted by Gasteiger charge is -2.09. The molecule has 0 saturated heterocycles. The van der Waals surface area contributed by atoms with E-state index < -0.39 is 30.3 Å². The molecule has 0 radical (unpaired) electrons. The number of rotatable bonds is 12. The Morgan fingerprint density at radius 1 is 0.303 bits per heavy atom. The fourth-order valence-electron chi connectivity index (χ4n) is 6.35. The summed E-state index contributed by atoms with van der Waals surface area (Å²) in [5, 5.41) is 0. The van der Waals surface area contributed by atoms with Gasteiger partial charge in [0.05, 0.1) is 33.8 Å². The fourth-order valence-corrected chi connectivity index (χ4v) is 8.87. The van der Waals surface area contributed by atoms with Crippen LogP contribution in [-0.4, -0.2) is 43.7 Å². The molecule has 0 aliphatic carbocycles. The van der Waals surface area contributed by atoms with Gasteiger partial charge >= 0.3 is 10.6 Å². The number of benzene rings is 8. The smallest absolute Gasteiger partial charge is 0.425 e. The van der Waals surface area contributed by atoms with Crippen LogP contribution < -0.4 is 18.9 Å². The third-order valence-corrected chi connectivity index (χ3v) is 13.5. The largest absolute Gasteiger partial charge is 0.497 e. The minimum Gasteiger partial charge on any atom is -0.497 e. The van der Waals surface area contributed by atoms with Gasteiger partial charge in [-0.1, -0.05) is 83.9 Å². The number of aryl methyl sites for hydroxylation is 2. The molecule has 66 heavy (non-hydrogen) atoms. The van der Waals surface area contributed by atoms with Gasteiger partial charge in [0, 0.05) is 0 Å². The molecule has 8 aromatic carbocycles. The second-order valence-corrected chi connectivity index (χ2v) is 18.8. The molecule has 14 heteroatoms. The van der Waals surface area contributed by atoms with Gasteiger partial charge in [0.25, 0.3) is 0 Å². The summed E-state index contributed by atoms with van der Waals surface area (Å²) in [5.41, 5.74) is 6.94. The van der Waals surface area contributed by atoms with E-state index in [1.165, 1.54) is 49.6 Å². The lowest BCUT2D eigenvalue weighted by Crippen LogP contribution is -2.01. The molecular formula is C52H44O11S3. The molecule has 0 aliphatic rings. The van der Waals surface area contributed by atoms with E-state index in [4.69, 9.17) is 31.6 Å². The van der Waals surface area contributed by atoms with Crippen LogP contribution in [0.2, 0.25) is 0 Å². The summed E-state index contributed by atoms with van der Waals surface area (Å²) in [5.74, 6) is 3.71. The standard InChI is InChI=1S/2C26H22O4S.O3S/c2*1-19-3-5-20(6-4-19)21-7-9-23(10-8-21)30-24-13-17-26(18-14-24)31(27,28)25-15-11-22(29-2)12-16-25;1-4(2)3/h2*3-18H,1-2H3;. The molecule has 336 valence electrons. The number of hydrogen-bond acceptors (Lipinski definition) is 11. The second kappa shape index (κ2) is 21.9. The first-order valence-electron chi connectivity index (χ1n) is 20.1. The molecule has 0 saturated carbocycles. The maximum absolute atomic E-state index is 12.8. The van der Waals surface area contributed by atoms with Gasteiger partial charge in [-0.05, 0) is 157 Å². The molecule has 0 fully saturated rings. The van der Waals surface area contributed by atoms with Crippen LogP contribution in [0.5, 0.6) is 34.5 Å². The SMILES string of the molecule is COc1ccc(S(=O)(=O)c2ccc(Oc3ccc(-c4ccc(C)cc4)cc3)cc2)cc1.COc1ccc(S(=O)(=O)c2ccc(Oc3ccc(-c4ccc(C)cc4)cc3)cc2)cc1.O=S(=O)=O. The van der Waals surface area contributed by atoms with Crippen LogP contribution in [0.15, 0.2) is 214 Å². The van der Waals surface area contributed by atoms with Gasteiger partial charge in [-0.25, -0.2) is 16.8 Å². The number of hydrogen-bond donors (Lipinski definition) is 0. The monoisotopic (exact) mass is 940 g/mol. The quantitative estimate of drug-likeness (QED) is 0.115. The number of ether oxygens (including phenoxy) is 4. The van der Waals surface area contributed by atoms with Gasteiger partial charge in [0.15, 0.2) is 0 Å². The highest BCUT2D eigenvalue weighted by atomic mass is 32.2. The summed E-state index contributed by atoms with van der Waals surface area (Å²) in [6.07, 6.45) is 0. The highest BCUT2D eigenvalue weighted by Gasteiger charge is 2.19. The summed E-state index contributed by atoms with van der Waals surface area (Å²) in [7, 11) is -7.24. The molecule has 0 unspecified atom stereocenters. The van der Waals surface area contributed by atoms with Crippen molar-refractivity contribution in [3.63, 3.8) is 0 Å². The average molecular weight is 941 g/mol. The average Bonchev–Trinajstić information content (AvgIpc) is 3.33. The third-order valence-electron chi connectivity index (χ3n) is 9.96. The Hall–Kier alpha value is -7.52. The van der Waals surface area contributed by atoms with E-state index in [1.807, 2.05) is 48.5 Å². The van der Waals surface area contributed by atoms with Crippen molar-refractivity contribution >= 4 is 30.3 Å². The predicted octanol–water partition coefficient (Wildman–Crippen LogP) is 11.6. The van der Waals surface area contributed by atoms with E-state index in [0.29, 0.717) is 34.5 Å². The maximum atomic E-state index is 12.8. The highest BCUT2D eigenvalue weighted by Crippen LogP contribution is 2.31. The van der Waals surface area contributed by atoms with Crippen LogP contribution in [0.4, 0.5) is 0 Å². The van der Waals surface area contributed by atoms with E-state index >= 15 is 0 Å². The normalized spacial score (nSPS) is 10.8. The molecule has 8 aromatic rings. The van der Waals surface area contributed by atoms with Crippen LogP contribution >= 0.6 is 0 Å². The van der Waals surface area contributed by atoms with Crippen molar-refractivity contribution in [2.45, 2.75) is 33.4 Å². The van der Waals surface area contributed by atoms with Gasteiger partial charge in [0.2, 0.25) is 19.7 Å². The Kier molecular flexibility index (Phi) is 15.9. The lowest BCUT2D eigenvalue weighted by molar-refractivity contribution is 0.414. The molecule has 0 atom stereocenters. The Morgan fingerprint density at radius 3 is 0.697 bits per heavy atom. The Morgan fingerprint density at radius 2 is 0.485 bits per heavy atom. The summed E-state index contributed by atoms with van der Waals surface area (Å²) < 4.78 is 98.5. The third kappa shape index (κ3) is 12.8. The first-order chi connectivity index (χ1) is 31.6. The molecular weight excluding hydrogens is 897 g/mol. The molecule has 0 aromatic heterocycles. The van der Waals surface area contributed by atoms with E-state index in [-0.39, 0.29) is 19.6 Å². The van der Waals surface area contributed by atoms with Gasteiger partial charge in [-0.3, -0.25) is 0 Å². The zero-order valence-corrected chi connectivity index (χ0v) is 38.6. The molecule has 8 rings (SSSR count). The van der Waals surface area contributed by atoms with Crippen molar-refractivity contribution in [3.05, 3.63) is 205 Å². The molecule has 0 bridgehead atoms. The first-order valence-corrected chi connectivity index (χ1v) is 24.1. The summed E-state index contributed by atoms with van der Waals surface area (Å²) in [6, 6.07) is 57.8. The van der Waals surface area contributed by atoms with Crippen molar-refractivity contribution in [1.82, 2.24) is 0 Å². The van der Waals surface area contributed by atoms with Crippen LogP contribution in [-0.2, 0) is 30.3 Å². The number of sulfone groups is 2. The van der Waals surface area contributed by atoms with E-state index in [1.54, 1.807) is 72.8 Å². The van der Waals surface area contributed by atoms with E-state index in [0.717, 1.165) is 22.3 Å². The summed E-state index contributed by atoms with van der Waals surface area (Å²) in [4.78, 5) is 0.849. The Balaban J connectivity index is 0.000000202. The fraction of sp³-hybridized carbons (Fsp3) is 0.0769. The first kappa shape index (κ1) is 47.9. The van der Waals surface area contributed by atoms with E-state index in [9.17, 15) is 16.8 Å². The lowest BCUT2D eigenvalue weighted by atomic mass is 10.0. The van der Waals surface area contributed by atoms with Crippen LogP contribution in [0, 0.1) is 13.8 Å². The van der Waals surface area contributed by atoms with Crippen molar-refractivity contribution in [2.24, 2.45) is 0 Å². The van der Waals surface area contributed by atoms with Crippen LogP contribution in [0.1, 0.15) is 11.1 Å². The molecule has 0 amide bonds. The molecule has 0 heterocycles. The van der Waals surface area contributed by atoms with Gasteiger partial charge in [0.1, 0.15) is 34.5 Å². The van der Waals surface area contributed by atoms with E-state index in [2.05, 4.69) is 62.4 Å². The van der Waals surface area contributed by atoms with Crippen molar-refractivity contribution in [2.75, 3.05) is 14.2 Å². The molecule has 0 N–H and O–H groups in total. The van der Waals surface area contributed by atoms with Gasteiger partial charge in [-0.2, -0.15) is 0 Å². The Bertz CT molecular complexity index is 2960. The van der Waals surface area contributed by atoms with Crippen molar-refractivity contribution in [1.29, 1.82) is 0 Å². The minimum absolute atomic E-state index is 0.208. The zero-order chi connectivity index (χ0) is 47.3.